The van der Waals surface area contributed by atoms with Crippen LogP contribution in [0.2, 0.25) is 0 Å². The van der Waals surface area contributed by atoms with Gasteiger partial charge in [0, 0.05) is 36.8 Å². The quantitative estimate of drug-likeness (QED) is 0.512. The summed E-state index contributed by atoms with van der Waals surface area (Å²) in [6, 6.07) is 9.04. The van der Waals surface area contributed by atoms with Gasteiger partial charge in [-0.05, 0) is 17.7 Å². The maximum absolute atomic E-state index is 13.1. The summed E-state index contributed by atoms with van der Waals surface area (Å²) >= 11 is 0. The van der Waals surface area contributed by atoms with E-state index in [4.69, 9.17) is 0 Å². The summed E-state index contributed by atoms with van der Waals surface area (Å²) in [6.07, 6.45) is -0.242. The second-order valence-corrected chi connectivity index (χ2v) is 7.18. The summed E-state index contributed by atoms with van der Waals surface area (Å²) in [5, 5.41) is 15.8. The van der Waals surface area contributed by atoms with E-state index in [0.29, 0.717) is 29.7 Å². The zero-order valence-corrected chi connectivity index (χ0v) is 16.1. The number of hydrogen-bond donors (Lipinski definition) is 3. The third-order valence-electron chi connectivity index (χ3n) is 4.81. The molecule has 3 N–H and O–H groups in total. The number of pyridine rings is 1. The average molecular weight is 434 g/mol. The Morgan fingerprint density at radius 1 is 1.03 bits per heavy atom. The van der Waals surface area contributed by atoms with Crippen molar-refractivity contribution in [3.63, 3.8) is 0 Å². The minimum atomic E-state index is -4.71. The number of nitrogens with zero attached hydrogens (tertiary/aromatic N) is 4. The zero-order chi connectivity index (χ0) is 22.1. The van der Waals surface area contributed by atoms with Crippen LogP contribution in [0.4, 0.5) is 40.7 Å². The van der Waals surface area contributed by atoms with E-state index in [-0.39, 0.29) is 5.82 Å². The van der Waals surface area contributed by atoms with Crippen molar-refractivity contribution in [2.45, 2.75) is 18.3 Å². The maximum atomic E-state index is 13.1. The van der Waals surface area contributed by atoms with Crippen LogP contribution in [0.1, 0.15) is 5.56 Å². The van der Waals surface area contributed by atoms with Crippen LogP contribution in [0.15, 0.2) is 55.0 Å². The number of alkyl halides is 3. The van der Waals surface area contributed by atoms with E-state index in [0.717, 1.165) is 5.56 Å². The highest BCUT2D eigenvalue weighted by Crippen LogP contribution is 2.40. The Kier molecular flexibility index (Phi) is 5.36. The molecule has 0 spiro atoms. The average Bonchev–Trinajstić information content (AvgIpc) is 2.71. The second kappa shape index (κ2) is 7.99. The predicted molar refractivity (Wildman–Crippen MR) is 106 cm³/mol. The fourth-order valence-corrected chi connectivity index (χ4v) is 3.09. The lowest BCUT2D eigenvalue weighted by atomic mass is 9.93. The topological polar surface area (TPSA) is 86.2 Å². The van der Waals surface area contributed by atoms with Crippen molar-refractivity contribution in [1.29, 1.82) is 0 Å². The van der Waals surface area contributed by atoms with Crippen molar-refractivity contribution >= 4 is 23.1 Å². The molecular weight excluding hydrogens is 416 g/mol. The lowest BCUT2D eigenvalue weighted by Gasteiger charge is -2.48. The van der Waals surface area contributed by atoms with Crippen molar-refractivity contribution in [2.75, 3.05) is 28.6 Å². The van der Waals surface area contributed by atoms with Gasteiger partial charge in [0.25, 0.3) is 0 Å². The van der Waals surface area contributed by atoms with Crippen LogP contribution in [0, 0.1) is 5.82 Å². The molecule has 1 aromatic carbocycles. The summed E-state index contributed by atoms with van der Waals surface area (Å²) < 4.78 is 52.1. The SMILES string of the molecule is OC1(C(F)(F)F)CN(c2cc(NCc3ccc(F)cc3)nc(Nc3cnccn3)c2)C1. The Labute approximate surface area is 174 Å². The van der Waals surface area contributed by atoms with Crippen LogP contribution in [0.25, 0.3) is 0 Å². The van der Waals surface area contributed by atoms with Crippen LogP contribution in [0.3, 0.4) is 0 Å². The van der Waals surface area contributed by atoms with Crippen molar-refractivity contribution in [1.82, 2.24) is 15.0 Å². The lowest BCUT2D eigenvalue weighted by Crippen LogP contribution is -2.69. The van der Waals surface area contributed by atoms with Gasteiger partial charge in [0.15, 0.2) is 5.60 Å². The van der Waals surface area contributed by atoms with E-state index in [1.807, 2.05) is 0 Å². The Morgan fingerprint density at radius 3 is 2.39 bits per heavy atom. The Hall–Kier alpha value is -3.47. The normalized spacial score (nSPS) is 15.3. The minimum Gasteiger partial charge on any atom is -0.378 e. The van der Waals surface area contributed by atoms with Crippen molar-refractivity contribution in [3.05, 3.63) is 66.4 Å². The summed E-state index contributed by atoms with van der Waals surface area (Å²) in [5.41, 5.74) is -1.50. The van der Waals surface area contributed by atoms with Gasteiger partial charge in [0.1, 0.15) is 23.3 Å². The number of benzene rings is 1. The molecule has 31 heavy (non-hydrogen) atoms. The van der Waals surface area contributed by atoms with Crippen LogP contribution in [0.5, 0.6) is 0 Å². The predicted octanol–water partition coefficient (Wildman–Crippen LogP) is 3.48. The summed E-state index contributed by atoms with van der Waals surface area (Å²) in [6.45, 7) is -0.835. The molecule has 11 heteroatoms. The Balaban J connectivity index is 1.56. The molecule has 7 nitrogen and oxygen atoms in total. The molecule has 1 aliphatic heterocycles. The molecule has 0 radical (unpaired) electrons. The van der Waals surface area contributed by atoms with Crippen molar-refractivity contribution in [3.8, 4) is 0 Å². The van der Waals surface area contributed by atoms with Crippen LogP contribution < -0.4 is 15.5 Å². The van der Waals surface area contributed by atoms with Crippen molar-refractivity contribution in [2.24, 2.45) is 0 Å². The number of aromatic nitrogens is 3. The second-order valence-electron chi connectivity index (χ2n) is 7.18. The monoisotopic (exact) mass is 434 g/mol. The van der Waals surface area contributed by atoms with Gasteiger partial charge in [-0.2, -0.15) is 13.2 Å². The molecule has 0 amide bonds. The van der Waals surface area contributed by atoms with Gasteiger partial charge in [-0.15, -0.1) is 0 Å². The molecule has 2 aromatic heterocycles. The van der Waals surface area contributed by atoms with E-state index in [2.05, 4.69) is 25.6 Å². The van der Waals surface area contributed by atoms with Gasteiger partial charge in [0.05, 0.1) is 19.3 Å². The number of halogens is 4. The van der Waals surface area contributed by atoms with E-state index >= 15 is 0 Å². The molecular formula is C20H18F4N6O. The molecule has 0 unspecified atom stereocenters. The molecule has 1 saturated heterocycles. The largest absolute Gasteiger partial charge is 0.420 e. The molecule has 0 bridgehead atoms. The highest BCUT2D eigenvalue weighted by atomic mass is 19.4. The molecule has 3 heterocycles. The summed E-state index contributed by atoms with van der Waals surface area (Å²) in [5.74, 6) is 0.777. The molecule has 0 atom stereocenters. The highest BCUT2D eigenvalue weighted by molar-refractivity contribution is 5.66. The first kappa shape index (κ1) is 20.8. The van der Waals surface area contributed by atoms with E-state index in [9.17, 15) is 22.7 Å². The van der Waals surface area contributed by atoms with Gasteiger partial charge in [-0.25, -0.2) is 14.4 Å². The number of rotatable bonds is 6. The number of β-amino-alcohol motifs (C(OH)–C–C–N with tert-alkyl or cyclic N) is 1. The van der Waals surface area contributed by atoms with E-state index < -0.39 is 24.9 Å². The van der Waals surface area contributed by atoms with Gasteiger partial charge >= 0.3 is 6.18 Å². The first-order valence-electron chi connectivity index (χ1n) is 9.29. The molecule has 0 saturated carbocycles. The Morgan fingerprint density at radius 2 is 1.74 bits per heavy atom. The lowest BCUT2D eigenvalue weighted by molar-refractivity contribution is -0.267. The molecule has 3 aromatic rings. The first-order valence-corrected chi connectivity index (χ1v) is 9.29. The van der Waals surface area contributed by atoms with Crippen molar-refractivity contribution < 1.29 is 22.7 Å². The van der Waals surface area contributed by atoms with Gasteiger partial charge in [-0.1, -0.05) is 12.1 Å². The zero-order valence-electron chi connectivity index (χ0n) is 16.1. The third kappa shape index (κ3) is 4.66. The number of hydrogen-bond acceptors (Lipinski definition) is 7. The standard InChI is InChI=1S/C20H18F4N6O/c21-14-3-1-13(2-4-14)9-27-16-7-15(30-11-19(31,12-30)20(22,23)24)8-17(28-16)29-18-10-25-5-6-26-18/h1-8,10,31H,9,11-12H2,(H2,26,27,28,29). The number of anilines is 4. The summed E-state index contributed by atoms with van der Waals surface area (Å²) in [4.78, 5) is 13.9. The molecule has 4 rings (SSSR count). The number of aliphatic hydroxyl groups is 1. The van der Waals surface area contributed by atoms with Gasteiger partial charge in [-0.3, -0.25) is 4.98 Å². The smallest absolute Gasteiger partial charge is 0.378 e. The van der Waals surface area contributed by atoms with Crippen LogP contribution in [-0.4, -0.2) is 44.9 Å². The molecule has 1 fully saturated rings. The molecule has 1 aliphatic rings. The Bertz CT molecular complexity index is 1040. The molecule has 162 valence electrons. The fourth-order valence-electron chi connectivity index (χ4n) is 3.09. The first-order chi connectivity index (χ1) is 14.7. The highest BCUT2D eigenvalue weighted by Gasteiger charge is 2.61. The number of nitrogens with one attached hydrogen (secondary N) is 2. The molecule has 0 aliphatic carbocycles. The van der Waals surface area contributed by atoms with Crippen LogP contribution >= 0.6 is 0 Å². The van der Waals surface area contributed by atoms with E-state index in [1.165, 1.54) is 35.6 Å². The van der Waals surface area contributed by atoms with Gasteiger partial charge in [0.2, 0.25) is 0 Å². The van der Waals surface area contributed by atoms with E-state index in [1.54, 1.807) is 24.3 Å². The minimum absolute atomic E-state index is 0.327. The fraction of sp³-hybridized carbons (Fsp3) is 0.250. The summed E-state index contributed by atoms with van der Waals surface area (Å²) in [7, 11) is 0. The van der Waals surface area contributed by atoms with Gasteiger partial charge < -0.3 is 20.6 Å². The third-order valence-corrected chi connectivity index (χ3v) is 4.81. The maximum Gasteiger partial charge on any atom is 0.420 e. The van der Waals surface area contributed by atoms with Crippen LogP contribution in [-0.2, 0) is 6.54 Å².